The second-order valence-electron chi connectivity index (χ2n) is 5.87. The number of halogens is 3. The number of nitrogens with zero attached hydrogens (tertiary/aromatic N) is 3. The molecule has 3 aromatic rings. The number of ether oxygens (including phenoxy) is 1. The lowest BCUT2D eigenvalue weighted by Crippen LogP contribution is -2.56. The third kappa shape index (κ3) is 3.22. The number of alkyl halides is 3. The Morgan fingerprint density at radius 1 is 1.19 bits per heavy atom. The van der Waals surface area contributed by atoms with Gasteiger partial charge in [-0.05, 0) is 24.3 Å². The van der Waals surface area contributed by atoms with E-state index in [1.807, 2.05) is 0 Å². The second-order valence-corrected chi connectivity index (χ2v) is 6.75. The highest BCUT2D eigenvalue weighted by Gasteiger charge is 2.34. The van der Waals surface area contributed by atoms with Crippen molar-refractivity contribution in [1.29, 1.82) is 0 Å². The molecule has 1 amide bonds. The van der Waals surface area contributed by atoms with E-state index in [1.54, 1.807) is 28.6 Å². The van der Waals surface area contributed by atoms with Gasteiger partial charge in [-0.1, -0.05) is 0 Å². The first-order valence-corrected chi connectivity index (χ1v) is 8.60. The Morgan fingerprint density at radius 2 is 2.00 bits per heavy atom. The van der Waals surface area contributed by atoms with Crippen molar-refractivity contribution >= 4 is 27.5 Å². The van der Waals surface area contributed by atoms with E-state index in [9.17, 15) is 18.0 Å². The van der Waals surface area contributed by atoms with Crippen molar-refractivity contribution in [1.82, 2.24) is 14.9 Å². The molecule has 0 unspecified atom stereocenters. The molecule has 0 saturated carbocycles. The van der Waals surface area contributed by atoms with Crippen LogP contribution in [0.4, 0.5) is 13.2 Å². The number of carbonyl (C=O) groups is 1. The zero-order valence-corrected chi connectivity index (χ0v) is 14.0. The Balaban J connectivity index is 1.38. The summed E-state index contributed by atoms with van der Waals surface area (Å²) in [5.74, 6) is -0.236. The average Bonchev–Trinajstić information content (AvgIpc) is 3.04. The zero-order chi connectivity index (χ0) is 18.3. The van der Waals surface area contributed by atoms with Crippen LogP contribution in [-0.2, 0) is 6.18 Å². The first kappa shape index (κ1) is 16.8. The fraction of sp³-hybridized carbons (Fsp3) is 0.235. The Morgan fingerprint density at radius 3 is 2.77 bits per heavy atom. The molecule has 1 fully saturated rings. The fourth-order valence-electron chi connectivity index (χ4n) is 2.67. The summed E-state index contributed by atoms with van der Waals surface area (Å²) >= 11 is 1.46. The number of thiazole rings is 1. The topological polar surface area (TPSA) is 55.3 Å². The van der Waals surface area contributed by atoms with Crippen molar-refractivity contribution in [3.8, 4) is 5.88 Å². The van der Waals surface area contributed by atoms with Gasteiger partial charge in [0.05, 0.1) is 34.4 Å². The molecule has 3 heterocycles. The van der Waals surface area contributed by atoms with E-state index in [0.717, 1.165) is 28.5 Å². The molecular formula is C17H12F3N3O2S. The molecule has 0 aliphatic carbocycles. The number of fused-ring (bicyclic) bond motifs is 1. The fourth-order valence-corrected chi connectivity index (χ4v) is 3.39. The normalized spacial score (nSPS) is 15.1. The van der Waals surface area contributed by atoms with Crippen LogP contribution in [0.15, 0.2) is 42.0 Å². The van der Waals surface area contributed by atoms with Crippen molar-refractivity contribution in [2.24, 2.45) is 0 Å². The van der Waals surface area contributed by atoms with E-state index in [2.05, 4.69) is 9.97 Å². The summed E-state index contributed by atoms with van der Waals surface area (Å²) in [5.41, 5.74) is 2.30. The number of likely N-dealkylation sites (tertiary alicyclic amines) is 1. The summed E-state index contributed by atoms with van der Waals surface area (Å²) in [4.78, 5) is 22.0. The lowest BCUT2D eigenvalue weighted by molar-refractivity contribution is -0.137. The third-order valence-corrected chi connectivity index (χ3v) is 4.85. The summed E-state index contributed by atoms with van der Waals surface area (Å²) in [5, 5.41) is 0. The Kier molecular flexibility index (Phi) is 4.03. The minimum atomic E-state index is -4.45. The Hall–Kier alpha value is -2.68. The van der Waals surface area contributed by atoms with E-state index < -0.39 is 11.7 Å². The predicted octanol–water partition coefficient (Wildman–Crippen LogP) is 3.61. The molecule has 1 saturated heterocycles. The largest absolute Gasteiger partial charge is 0.471 e. The van der Waals surface area contributed by atoms with Gasteiger partial charge in [0.25, 0.3) is 5.91 Å². The molecule has 2 aromatic heterocycles. The molecule has 0 atom stereocenters. The van der Waals surface area contributed by atoms with Crippen molar-refractivity contribution in [2.75, 3.05) is 13.1 Å². The number of rotatable bonds is 3. The lowest BCUT2D eigenvalue weighted by Gasteiger charge is -2.38. The second kappa shape index (κ2) is 6.24. The molecule has 0 radical (unpaired) electrons. The standard InChI is InChI=1S/C17H12F3N3O2S/c18-17(19,20)11-3-4-21-15(6-11)25-12-7-23(8-12)16(24)10-1-2-13-14(5-10)26-9-22-13/h1-6,9,12H,7-8H2. The van der Waals surface area contributed by atoms with Crippen LogP contribution in [-0.4, -0.2) is 40.0 Å². The molecule has 5 nitrogen and oxygen atoms in total. The first-order valence-electron chi connectivity index (χ1n) is 7.72. The molecule has 26 heavy (non-hydrogen) atoms. The van der Waals surface area contributed by atoms with Gasteiger partial charge in [-0.15, -0.1) is 11.3 Å². The molecule has 0 spiro atoms. The van der Waals surface area contributed by atoms with Crippen LogP contribution in [0, 0.1) is 0 Å². The molecule has 0 N–H and O–H groups in total. The van der Waals surface area contributed by atoms with E-state index in [1.165, 1.54) is 11.3 Å². The summed E-state index contributed by atoms with van der Waals surface area (Å²) < 4.78 is 44.5. The highest BCUT2D eigenvalue weighted by atomic mass is 32.1. The van der Waals surface area contributed by atoms with Gasteiger partial charge in [-0.2, -0.15) is 13.2 Å². The van der Waals surface area contributed by atoms with Gasteiger partial charge in [0, 0.05) is 17.8 Å². The van der Waals surface area contributed by atoms with Crippen molar-refractivity contribution in [3.63, 3.8) is 0 Å². The maximum Gasteiger partial charge on any atom is 0.416 e. The summed E-state index contributed by atoms with van der Waals surface area (Å²) in [6.45, 7) is 0.606. The van der Waals surface area contributed by atoms with E-state index in [4.69, 9.17) is 4.74 Å². The molecular weight excluding hydrogens is 367 g/mol. The predicted molar refractivity (Wildman–Crippen MR) is 89.2 cm³/mol. The van der Waals surface area contributed by atoms with Crippen LogP contribution in [0.5, 0.6) is 5.88 Å². The van der Waals surface area contributed by atoms with Crippen molar-refractivity contribution < 1.29 is 22.7 Å². The molecule has 0 bridgehead atoms. The molecule has 9 heteroatoms. The Bertz CT molecular complexity index is 967. The van der Waals surface area contributed by atoms with Crippen LogP contribution < -0.4 is 4.74 Å². The van der Waals surface area contributed by atoms with Gasteiger partial charge in [0.2, 0.25) is 5.88 Å². The highest BCUT2D eigenvalue weighted by molar-refractivity contribution is 7.16. The van der Waals surface area contributed by atoms with Gasteiger partial charge in [-0.25, -0.2) is 9.97 Å². The van der Waals surface area contributed by atoms with Gasteiger partial charge in [0.15, 0.2) is 0 Å². The quantitative estimate of drug-likeness (QED) is 0.698. The van der Waals surface area contributed by atoms with Crippen LogP contribution in [0.25, 0.3) is 10.2 Å². The lowest BCUT2D eigenvalue weighted by atomic mass is 10.1. The maximum atomic E-state index is 12.7. The minimum Gasteiger partial charge on any atom is -0.471 e. The van der Waals surface area contributed by atoms with Gasteiger partial charge >= 0.3 is 6.18 Å². The molecule has 1 aromatic carbocycles. The number of aromatic nitrogens is 2. The summed E-state index contributed by atoms with van der Waals surface area (Å²) in [6.07, 6.45) is -3.76. The average molecular weight is 379 g/mol. The van der Waals surface area contributed by atoms with Crippen LogP contribution in [0.3, 0.4) is 0 Å². The van der Waals surface area contributed by atoms with E-state index in [-0.39, 0.29) is 17.9 Å². The van der Waals surface area contributed by atoms with Crippen molar-refractivity contribution in [3.05, 3.63) is 53.2 Å². The summed E-state index contributed by atoms with van der Waals surface area (Å²) in [7, 11) is 0. The number of benzene rings is 1. The third-order valence-electron chi connectivity index (χ3n) is 4.06. The van der Waals surface area contributed by atoms with E-state index in [0.29, 0.717) is 18.7 Å². The van der Waals surface area contributed by atoms with E-state index >= 15 is 0 Å². The molecule has 4 rings (SSSR count). The Labute approximate surface area is 150 Å². The smallest absolute Gasteiger partial charge is 0.416 e. The monoisotopic (exact) mass is 379 g/mol. The molecule has 1 aliphatic heterocycles. The molecule has 1 aliphatic rings. The minimum absolute atomic E-state index is 0.0944. The van der Waals surface area contributed by atoms with Crippen molar-refractivity contribution in [2.45, 2.75) is 12.3 Å². The highest BCUT2D eigenvalue weighted by Crippen LogP contribution is 2.31. The van der Waals surface area contributed by atoms with Gasteiger partial charge in [0.1, 0.15) is 6.10 Å². The van der Waals surface area contributed by atoms with Gasteiger partial charge < -0.3 is 9.64 Å². The van der Waals surface area contributed by atoms with Gasteiger partial charge in [-0.3, -0.25) is 4.79 Å². The maximum absolute atomic E-state index is 12.7. The number of pyridine rings is 1. The number of hydrogen-bond acceptors (Lipinski definition) is 5. The summed E-state index contributed by atoms with van der Waals surface area (Å²) in [6, 6.07) is 7.05. The SMILES string of the molecule is O=C(c1ccc2ncsc2c1)N1CC(Oc2cc(C(F)(F)F)ccn2)C1. The van der Waals surface area contributed by atoms with Crippen LogP contribution >= 0.6 is 11.3 Å². The van der Waals surface area contributed by atoms with Crippen LogP contribution in [0.1, 0.15) is 15.9 Å². The number of amides is 1. The number of hydrogen-bond donors (Lipinski definition) is 0. The number of carbonyl (C=O) groups excluding carboxylic acids is 1. The zero-order valence-electron chi connectivity index (χ0n) is 13.2. The molecule has 134 valence electrons. The van der Waals surface area contributed by atoms with Crippen LogP contribution in [0.2, 0.25) is 0 Å². The first-order chi connectivity index (χ1) is 12.4.